The molecule has 2 heterocycles. The van der Waals surface area contributed by atoms with E-state index in [-0.39, 0.29) is 24.2 Å². The van der Waals surface area contributed by atoms with Gasteiger partial charge < -0.3 is 19.4 Å². The van der Waals surface area contributed by atoms with Crippen molar-refractivity contribution < 1.29 is 19.1 Å². The zero-order chi connectivity index (χ0) is 24.8. The lowest BCUT2D eigenvalue weighted by molar-refractivity contribution is -0.113. The van der Waals surface area contributed by atoms with Gasteiger partial charge in [0.05, 0.1) is 17.9 Å². The molecule has 0 saturated carbocycles. The van der Waals surface area contributed by atoms with Gasteiger partial charge in [0.15, 0.2) is 11.0 Å². The van der Waals surface area contributed by atoms with Gasteiger partial charge in [0.2, 0.25) is 5.91 Å². The number of carbonyl (C=O) groups is 2. The van der Waals surface area contributed by atoms with E-state index in [1.54, 1.807) is 6.92 Å². The Morgan fingerprint density at radius 3 is 2.69 bits per heavy atom. The molecule has 2 aromatic heterocycles. The molecule has 1 aliphatic rings. The highest BCUT2D eigenvalue weighted by molar-refractivity contribution is 7.99. The van der Waals surface area contributed by atoms with E-state index < -0.39 is 0 Å². The van der Waals surface area contributed by atoms with E-state index in [1.807, 2.05) is 42.8 Å². The van der Waals surface area contributed by atoms with Crippen LogP contribution in [0.25, 0.3) is 0 Å². The fraction of sp³-hybridized carbons (Fsp3) is 0.440. The lowest BCUT2D eigenvalue weighted by Gasteiger charge is -2.09. The van der Waals surface area contributed by atoms with E-state index in [9.17, 15) is 9.59 Å². The maximum Gasteiger partial charge on any atom is 0.341 e. The molecular weight excluding hydrogens is 484 g/mol. The first-order valence-corrected chi connectivity index (χ1v) is 13.6. The molecule has 0 aliphatic heterocycles. The topological polar surface area (TPSA) is 95.3 Å². The van der Waals surface area contributed by atoms with Gasteiger partial charge in [0.1, 0.15) is 17.4 Å². The molecule has 10 heteroatoms. The second-order valence-corrected chi connectivity index (χ2v) is 10.4. The number of thioether (sulfide) groups is 1. The van der Waals surface area contributed by atoms with Crippen molar-refractivity contribution in [1.82, 2.24) is 14.8 Å². The van der Waals surface area contributed by atoms with E-state index in [4.69, 9.17) is 9.47 Å². The molecule has 0 radical (unpaired) electrons. The number of nitrogens with one attached hydrogen (secondary N) is 1. The Bertz CT molecular complexity index is 1190. The molecule has 0 spiro atoms. The van der Waals surface area contributed by atoms with Gasteiger partial charge in [0.25, 0.3) is 0 Å². The number of hydrogen-bond donors (Lipinski definition) is 1. The number of rotatable bonds is 9. The third-order valence-electron chi connectivity index (χ3n) is 5.80. The van der Waals surface area contributed by atoms with Crippen LogP contribution >= 0.6 is 23.1 Å². The van der Waals surface area contributed by atoms with Gasteiger partial charge in [0, 0.05) is 11.9 Å². The second kappa shape index (κ2) is 11.7. The molecule has 0 saturated heterocycles. The standard InChI is InChI=1S/C25H30N4O4S2/c1-4-32-24(31)22-18-8-6-5-7-9-19(18)35-23(22)26-21(30)15-34-25-28-27-20(29(25)3)14-33-17-12-10-16(2)11-13-17/h10-13H,4-9,14-15H2,1-3H3,(H,26,30). The maximum atomic E-state index is 12.8. The van der Waals surface area contributed by atoms with Crippen LogP contribution in [0.1, 0.15) is 58.4 Å². The molecule has 186 valence electrons. The van der Waals surface area contributed by atoms with Gasteiger partial charge in [-0.05, 0) is 57.2 Å². The molecule has 8 nitrogen and oxygen atoms in total. The summed E-state index contributed by atoms with van der Waals surface area (Å²) in [5.41, 5.74) is 2.74. The van der Waals surface area contributed by atoms with Crippen LogP contribution in [0, 0.1) is 6.92 Å². The number of hydrogen-bond acceptors (Lipinski definition) is 8. The molecule has 0 atom stereocenters. The van der Waals surface area contributed by atoms with Gasteiger partial charge in [-0.2, -0.15) is 0 Å². The van der Waals surface area contributed by atoms with E-state index in [0.29, 0.717) is 28.2 Å². The summed E-state index contributed by atoms with van der Waals surface area (Å²) < 4.78 is 12.9. The van der Waals surface area contributed by atoms with E-state index in [2.05, 4.69) is 15.5 Å². The van der Waals surface area contributed by atoms with Crippen molar-refractivity contribution in [2.75, 3.05) is 17.7 Å². The number of nitrogens with zero attached hydrogens (tertiary/aromatic N) is 3. The fourth-order valence-electron chi connectivity index (χ4n) is 3.92. The Morgan fingerprint density at radius 2 is 1.91 bits per heavy atom. The molecule has 0 bridgehead atoms. The van der Waals surface area contributed by atoms with Crippen LogP contribution in [0.4, 0.5) is 5.00 Å². The minimum absolute atomic E-state index is 0.148. The number of fused-ring (bicyclic) bond motifs is 1. The highest BCUT2D eigenvalue weighted by Gasteiger charge is 2.26. The van der Waals surface area contributed by atoms with Crippen molar-refractivity contribution in [3.63, 3.8) is 0 Å². The fourth-order valence-corrected chi connectivity index (χ4v) is 5.95. The maximum absolute atomic E-state index is 12.8. The predicted molar refractivity (Wildman–Crippen MR) is 137 cm³/mol. The minimum atomic E-state index is -0.360. The van der Waals surface area contributed by atoms with Crippen molar-refractivity contribution in [1.29, 1.82) is 0 Å². The van der Waals surface area contributed by atoms with Crippen molar-refractivity contribution in [2.45, 2.75) is 57.7 Å². The number of ether oxygens (including phenoxy) is 2. The zero-order valence-corrected chi connectivity index (χ0v) is 21.9. The Hall–Kier alpha value is -2.85. The lowest BCUT2D eigenvalue weighted by atomic mass is 10.1. The lowest BCUT2D eigenvalue weighted by Crippen LogP contribution is -2.17. The summed E-state index contributed by atoms with van der Waals surface area (Å²) in [5.74, 6) is 1.02. The highest BCUT2D eigenvalue weighted by atomic mass is 32.2. The molecule has 3 aromatic rings. The van der Waals surface area contributed by atoms with Crippen LogP contribution < -0.4 is 10.1 Å². The summed E-state index contributed by atoms with van der Waals surface area (Å²) in [4.78, 5) is 26.7. The summed E-state index contributed by atoms with van der Waals surface area (Å²) in [5, 5.41) is 12.6. The Labute approximate surface area is 213 Å². The molecule has 0 fully saturated rings. The summed E-state index contributed by atoms with van der Waals surface area (Å²) in [6, 6.07) is 7.82. The Morgan fingerprint density at radius 1 is 1.14 bits per heavy atom. The van der Waals surface area contributed by atoms with Crippen molar-refractivity contribution >= 4 is 40.0 Å². The summed E-state index contributed by atoms with van der Waals surface area (Å²) in [7, 11) is 1.85. The SMILES string of the molecule is CCOC(=O)c1c(NC(=O)CSc2nnc(COc3ccc(C)cc3)n2C)sc2c1CCCCC2. The van der Waals surface area contributed by atoms with Gasteiger partial charge in [-0.25, -0.2) is 4.79 Å². The minimum Gasteiger partial charge on any atom is -0.486 e. The van der Waals surface area contributed by atoms with Crippen LogP contribution in [-0.2, 0) is 36.0 Å². The average molecular weight is 515 g/mol. The van der Waals surface area contributed by atoms with Gasteiger partial charge in [-0.3, -0.25) is 4.79 Å². The zero-order valence-electron chi connectivity index (χ0n) is 20.3. The number of thiophene rings is 1. The van der Waals surface area contributed by atoms with Gasteiger partial charge >= 0.3 is 5.97 Å². The number of esters is 1. The number of amides is 1. The molecule has 4 rings (SSSR count). The molecule has 35 heavy (non-hydrogen) atoms. The quantitative estimate of drug-likeness (QED) is 0.245. The Kier molecular flexibility index (Phi) is 8.46. The van der Waals surface area contributed by atoms with E-state index >= 15 is 0 Å². The number of benzene rings is 1. The second-order valence-electron chi connectivity index (χ2n) is 8.39. The molecule has 1 aliphatic carbocycles. The molecule has 1 amide bonds. The van der Waals surface area contributed by atoms with E-state index in [0.717, 1.165) is 43.4 Å². The summed E-state index contributed by atoms with van der Waals surface area (Å²) >= 11 is 2.79. The van der Waals surface area contributed by atoms with Crippen LogP contribution in [0.2, 0.25) is 0 Å². The molecule has 1 N–H and O–H groups in total. The smallest absolute Gasteiger partial charge is 0.341 e. The monoisotopic (exact) mass is 514 g/mol. The highest BCUT2D eigenvalue weighted by Crippen LogP contribution is 2.38. The first-order chi connectivity index (χ1) is 17.0. The summed E-state index contributed by atoms with van der Waals surface area (Å²) in [6.45, 7) is 4.40. The van der Waals surface area contributed by atoms with Gasteiger partial charge in [-0.1, -0.05) is 35.9 Å². The first-order valence-electron chi connectivity index (χ1n) is 11.8. The summed E-state index contributed by atoms with van der Waals surface area (Å²) in [6.07, 6.45) is 5.07. The van der Waals surface area contributed by atoms with Crippen LogP contribution in [0.5, 0.6) is 5.75 Å². The molecular formula is C25H30N4O4S2. The largest absolute Gasteiger partial charge is 0.486 e. The average Bonchev–Trinajstić information content (AvgIpc) is 3.27. The number of aromatic nitrogens is 3. The van der Waals surface area contributed by atoms with Crippen LogP contribution in [0.15, 0.2) is 29.4 Å². The normalized spacial score (nSPS) is 13.1. The predicted octanol–water partition coefficient (Wildman–Crippen LogP) is 4.94. The van der Waals surface area contributed by atoms with Crippen molar-refractivity contribution in [3.8, 4) is 5.75 Å². The van der Waals surface area contributed by atoms with E-state index in [1.165, 1.54) is 33.5 Å². The van der Waals surface area contributed by atoms with Crippen LogP contribution in [-0.4, -0.2) is 39.0 Å². The Balaban J connectivity index is 1.38. The third-order valence-corrected chi connectivity index (χ3v) is 8.03. The number of carbonyl (C=O) groups excluding carboxylic acids is 2. The third kappa shape index (κ3) is 6.24. The van der Waals surface area contributed by atoms with Gasteiger partial charge in [-0.15, -0.1) is 21.5 Å². The first kappa shape index (κ1) is 25.2. The molecule has 1 aromatic carbocycles. The van der Waals surface area contributed by atoms with Crippen LogP contribution in [0.3, 0.4) is 0 Å². The van der Waals surface area contributed by atoms with Crippen molar-refractivity contribution in [3.05, 3.63) is 51.7 Å². The van der Waals surface area contributed by atoms with Crippen molar-refractivity contribution in [2.24, 2.45) is 7.05 Å². The molecule has 0 unspecified atom stereocenters. The number of anilines is 1. The number of aryl methyl sites for hydroxylation is 2.